The molecule has 0 fully saturated rings. The number of esters is 1. The molecule has 194 valence electrons. The number of fused-ring (bicyclic) bond motifs is 1. The number of aromatic nitrogens is 1. The summed E-state index contributed by atoms with van der Waals surface area (Å²) in [5.74, 6) is 0.604. The predicted molar refractivity (Wildman–Crippen MR) is 153 cm³/mol. The van der Waals surface area contributed by atoms with Crippen molar-refractivity contribution in [2.45, 2.75) is 24.8 Å². The van der Waals surface area contributed by atoms with E-state index in [2.05, 4.69) is 4.99 Å². The highest BCUT2D eigenvalue weighted by molar-refractivity contribution is 7.98. The maximum absolute atomic E-state index is 13.7. The number of allylic oxidation sites excluding steroid dienone is 1. The summed E-state index contributed by atoms with van der Waals surface area (Å²) in [5.41, 5.74) is 2.17. The molecule has 0 aliphatic carbocycles. The smallest absolute Gasteiger partial charge is 0.338 e. The second-order valence-electron chi connectivity index (χ2n) is 8.41. The minimum atomic E-state index is -0.660. The second kappa shape index (κ2) is 11.0. The molecule has 2 aromatic carbocycles. The maximum atomic E-state index is 13.7. The molecule has 0 bridgehead atoms. The fourth-order valence-corrected chi connectivity index (χ4v) is 5.99. The molecule has 0 radical (unpaired) electrons. The van der Waals surface area contributed by atoms with Gasteiger partial charge in [-0.15, -0.1) is 11.8 Å². The zero-order valence-electron chi connectivity index (χ0n) is 20.7. The number of rotatable bonds is 6. The standard InChI is InChI=1S/C28H22Cl2N2O4S2/c1-4-35-27(34)24-15(2)31-28-32(25(24)16-5-9-19(37-3)10-6-16)26(33)23(38-28)14-18-8-12-22(36-18)17-7-11-20(29)21(30)13-17/h5-14,25H,4H2,1-3H3/b23-14-/t25-/m0/s1. The van der Waals surface area contributed by atoms with E-state index in [4.69, 9.17) is 32.4 Å². The van der Waals surface area contributed by atoms with Crippen LogP contribution in [0, 0.1) is 0 Å². The van der Waals surface area contributed by atoms with E-state index in [1.807, 2.05) is 42.7 Å². The Hall–Kier alpha value is -3.04. The fraction of sp³-hybridized carbons (Fsp3) is 0.179. The van der Waals surface area contributed by atoms with Crippen molar-refractivity contribution in [2.75, 3.05) is 12.9 Å². The second-order valence-corrected chi connectivity index (χ2v) is 11.1. The van der Waals surface area contributed by atoms with Crippen LogP contribution in [0.15, 0.2) is 85.0 Å². The number of carbonyl (C=O) groups is 1. The van der Waals surface area contributed by atoms with E-state index in [-0.39, 0.29) is 12.2 Å². The molecule has 0 saturated heterocycles. The highest BCUT2D eigenvalue weighted by Gasteiger charge is 2.33. The number of halogens is 2. The topological polar surface area (TPSA) is 73.8 Å². The van der Waals surface area contributed by atoms with Crippen LogP contribution < -0.4 is 14.9 Å². The molecular weight excluding hydrogens is 563 g/mol. The third-order valence-electron chi connectivity index (χ3n) is 6.05. The molecule has 2 aromatic heterocycles. The van der Waals surface area contributed by atoms with E-state index in [1.165, 1.54) is 11.3 Å². The van der Waals surface area contributed by atoms with Crippen molar-refractivity contribution >= 4 is 58.3 Å². The minimum Gasteiger partial charge on any atom is -0.463 e. The maximum Gasteiger partial charge on any atom is 0.338 e. The van der Waals surface area contributed by atoms with Gasteiger partial charge in [-0.05, 0) is 68.1 Å². The summed E-state index contributed by atoms with van der Waals surface area (Å²) in [6, 6.07) is 16.0. The van der Waals surface area contributed by atoms with Crippen molar-refractivity contribution in [1.29, 1.82) is 0 Å². The molecular formula is C28H22Cl2N2O4S2. The zero-order chi connectivity index (χ0) is 27.0. The molecule has 0 amide bonds. The number of benzene rings is 2. The molecule has 0 saturated carbocycles. The van der Waals surface area contributed by atoms with Gasteiger partial charge in [0, 0.05) is 16.5 Å². The Morgan fingerprint density at radius 3 is 2.61 bits per heavy atom. The van der Waals surface area contributed by atoms with Crippen LogP contribution in [0.5, 0.6) is 0 Å². The van der Waals surface area contributed by atoms with Gasteiger partial charge in [0.15, 0.2) is 4.80 Å². The summed E-state index contributed by atoms with van der Waals surface area (Å²) in [5, 5.41) is 0.882. The highest BCUT2D eigenvalue weighted by Crippen LogP contribution is 2.32. The van der Waals surface area contributed by atoms with Gasteiger partial charge in [-0.1, -0.05) is 46.7 Å². The first-order valence-electron chi connectivity index (χ1n) is 11.7. The lowest BCUT2D eigenvalue weighted by atomic mass is 9.96. The van der Waals surface area contributed by atoms with Gasteiger partial charge in [0.1, 0.15) is 11.5 Å². The van der Waals surface area contributed by atoms with E-state index in [1.54, 1.807) is 54.5 Å². The third kappa shape index (κ3) is 5.01. The molecule has 0 spiro atoms. The van der Waals surface area contributed by atoms with Gasteiger partial charge >= 0.3 is 5.97 Å². The molecule has 3 heterocycles. The Morgan fingerprint density at radius 1 is 1.16 bits per heavy atom. The lowest BCUT2D eigenvalue weighted by Gasteiger charge is -2.24. The number of nitrogens with zero attached hydrogens (tertiary/aromatic N) is 2. The summed E-state index contributed by atoms with van der Waals surface area (Å²) in [6.07, 6.45) is 3.68. The molecule has 1 atom stereocenters. The lowest BCUT2D eigenvalue weighted by molar-refractivity contribution is -0.139. The highest BCUT2D eigenvalue weighted by atomic mass is 35.5. The predicted octanol–water partition coefficient (Wildman–Crippen LogP) is 6.09. The Labute approximate surface area is 236 Å². The summed E-state index contributed by atoms with van der Waals surface area (Å²) in [7, 11) is 0. The van der Waals surface area contributed by atoms with Gasteiger partial charge in [0.2, 0.25) is 0 Å². The number of hydrogen-bond acceptors (Lipinski definition) is 7. The lowest BCUT2D eigenvalue weighted by Crippen LogP contribution is -2.39. The van der Waals surface area contributed by atoms with E-state index >= 15 is 0 Å². The Kier molecular flexibility index (Phi) is 7.68. The number of thiazole rings is 1. The van der Waals surface area contributed by atoms with Crippen molar-refractivity contribution in [1.82, 2.24) is 4.57 Å². The third-order valence-corrected chi connectivity index (χ3v) is 8.52. The van der Waals surface area contributed by atoms with Crippen LogP contribution in [0.1, 0.15) is 31.2 Å². The molecule has 5 rings (SSSR count). The first-order valence-corrected chi connectivity index (χ1v) is 14.5. The molecule has 1 aliphatic rings. The number of furan rings is 1. The normalized spacial score (nSPS) is 15.4. The monoisotopic (exact) mass is 584 g/mol. The van der Waals surface area contributed by atoms with Gasteiger partial charge in [0.05, 0.1) is 38.5 Å². The van der Waals surface area contributed by atoms with Gasteiger partial charge in [-0.25, -0.2) is 9.79 Å². The van der Waals surface area contributed by atoms with Crippen LogP contribution in [0.4, 0.5) is 0 Å². The molecule has 1 aliphatic heterocycles. The van der Waals surface area contributed by atoms with Gasteiger partial charge in [-0.2, -0.15) is 0 Å². The van der Waals surface area contributed by atoms with E-state index in [0.717, 1.165) is 16.0 Å². The summed E-state index contributed by atoms with van der Waals surface area (Å²) < 4.78 is 13.3. The average molecular weight is 586 g/mol. The average Bonchev–Trinajstić information content (AvgIpc) is 3.49. The SMILES string of the molecule is CCOC(=O)C1=C(C)N=c2s/c(=C\c3ccc(-c4ccc(Cl)c(Cl)c4)o3)c(=O)n2[C@H]1c1ccc(SC)cc1. The van der Waals surface area contributed by atoms with Crippen molar-refractivity contribution in [3.63, 3.8) is 0 Å². The van der Waals surface area contributed by atoms with E-state index < -0.39 is 12.0 Å². The Bertz CT molecular complexity index is 1750. The summed E-state index contributed by atoms with van der Waals surface area (Å²) >= 11 is 15.0. The first kappa shape index (κ1) is 26.6. The van der Waals surface area contributed by atoms with E-state index in [9.17, 15) is 9.59 Å². The van der Waals surface area contributed by atoms with Crippen LogP contribution in [0.25, 0.3) is 17.4 Å². The van der Waals surface area contributed by atoms with Crippen LogP contribution in [0.3, 0.4) is 0 Å². The first-order chi connectivity index (χ1) is 18.3. The van der Waals surface area contributed by atoms with Crippen molar-refractivity contribution in [3.05, 3.63) is 107 Å². The van der Waals surface area contributed by atoms with Crippen LogP contribution in [-0.4, -0.2) is 23.4 Å². The van der Waals surface area contributed by atoms with Crippen molar-refractivity contribution in [3.8, 4) is 11.3 Å². The Balaban J connectivity index is 1.62. The van der Waals surface area contributed by atoms with Gasteiger partial charge in [0.25, 0.3) is 5.56 Å². The van der Waals surface area contributed by atoms with Gasteiger partial charge < -0.3 is 9.15 Å². The number of hydrogen-bond donors (Lipinski definition) is 0. The minimum absolute atomic E-state index is 0.220. The number of ether oxygens (including phenoxy) is 1. The summed E-state index contributed by atoms with van der Waals surface area (Å²) in [4.78, 5) is 33.0. The van der Waals surface area contributed by atoms with Crippen LogP contribution >= 0.6 is 46.3 Å². The Morgan fingerprint density at radius 2 is 1.92 bits per heavy atom. The zero-order valence-corrected chi connectivity index (χ0v) is 23.8. The quantitative estimate of drug-likeness (QED) is 0.202. The van der Waals surface area contributed by atoms with E-state index in [0.29, 0.717) is 42.2 Å². The molecule has 0 unspecified atom stereocenters. The van der Waals surface area contributed by atoms with Crippen LogP contribution in [0.2, 0.25) is 10.0 Å². The largest absolute Gasteiger partial charge is 0.463 e. The fourth-order valence-electron chi connectivity index (χ4n) is 4.26. The number of carbonyl (C=O) groups excluding carboxylic acids is 1. The van der Waals surface area contributed by atoms with Crippen molar-refractivity contribution < 1.29 is 13.9 Å². The number of thioether (sulfide) groups is 1. The molecule has 10 heteroatoms. The van der Waals surface area contributed by atoms with Gasteiger partial charge in [-0.3, -0.25) is 9.36 Å². The summed E-state index contributed by atoms with van der Waals surface area (Å²) in [6.45, 7) is 3.74. The van der Waals surface area contributed by atoms with Crippen LogP contribution in [-0.2, 0) is 9.53 Å². The molecule has 0 N–H and O–H groups in total. The molecule has 6 nitrogen and oxygen atoms in total. The van der Waals surface area contributed by atoms with Crippen molar-refractivity contribution in [2.24, 2.45) is 4.99 Å². The molecule has 4 aromatic rings. The molecule has 38 heavy (non-hydrogen) atoms.